The molecule has 10 aromatic carbocycles. The van der Waals surface area contributed by atoms with E-state index in [4.69, 9.17) is 15.4 Å². The van der Waals surface area contributed by atoms with Gasteiger partial charge < -0.3 is 18.6 Å². The fourth-order valence-corrected chi connectivity index (χ4v) is 10.6. The Morgan fingerprint density at radius 3 is 1.67 bits per heavy atom. The lowest BCUT2D eigenvalue weighted by Gasteiger charge is -2.30. The topological polar surface area (TPSA) is 60.9 Å². The van der Waals surface area contributed by atoms with E-state index in [1.165, 1.54) is 27.6 Å². The molecule has 2 heterocycles. The SMILES string of the molecule is [C-]#[N+]c1ccc(N(c2cc3c(c4ccccc24)-c2cc4ccc(N(c5ccc(C#N)cc5)c5cccc6c5oc5ccccc56)cc4cc2C3(C)C)c2cccc3c2oc2ccccc23)cc1. The van der Waals surface area contributed by atoms with Crippen LogP contribution < -0.4 is 9.80 Å². The average molecular weight is 859 g/mol. The quantitative estimate of drug-likeness (QED) is 0.156. The molecule has 1 aliphatic rings. The van der Waals surface area contributed by atoms with Crippen LogP contribution in [0.1, 0.15) is 30.5 Å². The summed E-state index contributed by atoms with van der Waals surface area (Å²) in [4.78, 5) is 8.27. The summed E-state index contributed by atoms with van der Waals surface area (Å²) in [5, 5.41) is 18.5. The highest BCUT2D eigenvalue weighted by atomic mass is 16.3. The molecule has 0 saturated heterocycles. The van der Waals surface area contributed by atoms with Crippen molar-refractivity contribution in [2.24, 2.45) is 0 Å². The number of rotatable bonds is 6. The number of anilines is 6. The van der Waals surface area contributed by atoms with Gasteiger partial charge in [-0.15, -0.1) is 0 Å². The summed E-state index contributed by atoms with van der Waals surface area (Å²) in [7, 11) is 0. The third-order valence-corrected chi connectivity index (χ3v) is 13.8. The minimum Gasteiger partial charge on any atom is -0.454 e. The van der Waals surface area contributed by atoms with Gasteiger partial charge in [0.1, 0.15) is 11.2 Å². The van der Waals surface area contributed by atoms with Gasteiger partial charge in [-0.05, 0) is 129 Å². The molecule has 0 fully saturated rings. The summed E-state index contributed by atoms with van der Waals surface area (Å²) in [6.07, 6.45) is 0. The van der Waals surface area contributed by atoms with Crippen molar-refractivity contribution in [3.05, 3.63) is 222 Å². The Morgan fingerprint density at radius 1 is 0.478 bits per heavy atom. The van der Waals surface area contributed by atoms with Crippen LogP contribution in [0.15, 0.2) is 203 Å². The number of nitriles is 1. The molecule has 0 unspecified atom stereocenters. The maximum Gasteiger partial charge on any atom is 0.187 e. The third-order valence-electron chi connectivity index (χ3n) is 13.8. The Labute approximate surface area is 386 Å². The fourth-order valence-electron chi connectivity index (χ4n) is 10.6. The summed E-state index contributed by atoms with van der Waals surface area (Å²) in [6, 6.07) is 69.5. The lowest BCUT2D eigenvalue weighted by molar-refractivity contribution is 0.661. The van der Waals surface area contributed by atoms with Gasteiger partial charge in [0.05, 0.1) is 35.3 Å². The zero-order valence-corrected chi connectivity index (χ0v) is 36.6. The lowest BCUT2D eigenvalue weighted by Crippen LogP contribution is -2.17. The molecule has 0 aliphatic heterocycles. The van der Waals surface area contributed by atoms with Crippen molar-refractivity contribution in [1.29, 1.82) is 5.26 Å². The summed E-state index contributed by atoms with van der Waals surface area (Å²) >= 11 is 0. The number of hydrogen-bond acceptors (Lipinski definition) is 5. The number of nitrogens with zero attached hydrogens (tertiary/aromatic N) is 4. The van der Waals surface area contributed by atoms with E-state index in [0.717, 1.165) is 94.2 Å². The first-order chi connectivity index (χ1) is 32.9. The minimum atomic E-state index is -0.384. The van der Waals surface area contributed by atoms with Crippen LogP contribution in [0.2, 0.25) is 0 Å². The van der Waals surface area contributed by atoms with E-state index in [1.807, 2.05) is 78.9 Å². The summed E-state index contributed by atoms with van der Waals surface area (Å²) < 4.78 is 13.3. The van der Waals surface area contributed by atoms with Crippen molar-refractivity contribution in [2.75, 3.05) is 9.80 Å². The Kier molecular flexibility index (Phi) is 8.28. The molecule has 1 aliphatic carbocycles. The molecule has 6 nitrogen and oxygen atoms in total. The lowest BCUT2D eigenvalue weighted by atomic mass is 9.81. The number of fused-ring (bicyclic) bond motifs is 12. The smallest absolute Gasteiger partial charge is 0.187 e. The zero-order valence-electron chi connectivity index (χ0n) is 36.6. The highest BCUT2D eigenvalue weighted by molar-refractivity contribution is 6.15. The molecular formula is C61H38N4O2. The fraction of sp³-hybridized carbons (Fsp3) is 0.0492. The highest BCUT2D eigenvalue weighted by Crippen LogP contribution is 2.56. The number of para-hydroxylation sites is 4. The largest absolute Gasteiger partial charge is 0.454 e. The molecule has 0 spiro atoms. The van der Waals surface area contributed by atoms with E-state index in [2.05, 4.69) is 150 Å². The van der Waals surface area contributed by atoms with Crippen LogP contribution in [-0.2, 0) is 5.41 Å². The minimum absolute atomic E-state index is 0.384. The van der Waals surface area contributed by atoms with Crippen LogP contribution in [0.25, 0.3) is 81.4 Å². The first-order valence-electron chi connectivity index (χ1n) is 22.4. The van der Waals surface area contributed by atoms with Crippen molar-refractivity contribution >= 4 is 105 Å². The second-order valence-corrected chi connectivity index (χ2v) is 17.9. The Morgan fingerprint density at radius 2 is 1.03 bits per heavy atom. The van der Waals surface area contributed by atoms with Gasteiger partial charge in [-0.1, -0.05) is 117 Å². The summed E-state index contributed by atoms with van der Waals surface area (Å²) in [5.41, 5.74) is 14.7. The van der Waals surface area contributed by atoms with E-state index in [1.54, 1.807) is 0 Å². The van der Waals surface area contributed by atoms with E-state index in [9.17, 15) is 5.26 Å². The van der Waals surface area contributed by atoms with Crippen LogP contribution >= 0.6 is 0 Å². The molecule has 67 heavy (non-hydrogen) atoms. The van der Waals surface area contributed by atoms with Crippen molar-refractivity contribution in [2.45, 2.75) is 19.3 Å². The van der Waals surface area contributed by atoms with Crippen molar-refractivity contribution in [3.63, 3.8) is 0 Å². The van der Waals surface area contributed by atoms with Gasteiger partial charge in [-0.25, -0.2) is 4.85 Å². The second kappa shape index (κ2) is 14.5. The first-order valence-corrected chi connectivity index (χ1v) is 22.4. The Hall–Kier alpha value is -9.10. The molecule has 0 N–H and O–H groups in total. The Bertz CT molecular complexity index is 4110. The zero-order chi connectivity index (χ0) is 45.0. The van der Waals surface area contributed by atoms with Gasteiger partial charge in [0.2, 0.25) is 0 Å². The van der Waals surface area contributed by atoms with Gasteiger partial charge >= 0.3 is 0 Å². The molecule has 12 aromatic rings. The maximum absolute atomic E-state index is 9.72. The van der Waals surface area contributed by atoms with E-state index in [0.29, 0.717) is 11.3 Å². The second-order valence-electron chi connectivity index (χ2n) is 17.9. The molecule has 6 heteroatoms. The summed E-state index contributed by atoms with van der Waals surface area (Å²) in [5.74, 6) is 0. The molecule has 0 radical (unpaired) electrons. The molecule has 314 valence electrons. The molecule has 0 atom stereocenters. The molecule has 2 aromatic heterocycles. The van der Waals surface area contributed by atoms with Crippen molar-refractivity contribution < 1.29 is 8.83 Å². The van der Waals surface area contributed by atoms with Crippen LogP contribution in [-0.4, -0.2) is 0 Å². The van der Waals surface area contributed by atoms with Crippen LogP contribution in [0.3, 0.4) is 0 Å². The van der Waals surface area contributed by atoms with Crippen LogP contribution in [0.4, 0.5) is 39.8 Å². The number of furan rings is 2. The van der Waals surface area contributed by atoms with Gasteiger partial charge in [0.25, 0.3) is 0 Å². The normalized spacial score (nSPS) is 12.7. The average Bonchev–Trinajstić information content (AvgIpc) is 4.02. The van der Waals surface area contributed by atoms with Gasteiger partial charge in [0.15, 0.2) is 16.9 Å². The molecule has 0 amide bonds. The molecule has 0 bridgehead atoms. The standard InChI is InChI=1S/C61H38N4O2/c1-61(2)51-34-39-32-43(64(41-27-22-37(36-62)23-28-41)53-18-10-16-48-45-13-6-8-20-56(45)66-59(48)53)29-24-38(39)33-50(51)58-47-15-5-4-12-44(47)55(35-52(58)61)65(42-30-25-40(63-3)26-31-42)54-19-11-17-49-46-14-7-9-21-57(46)67-60(49)54/h4-35H,1-2H3. The van der Waals surface area contributed by atoms with Gasteiger partial charge in [-0.3, -0.25) is 0 Å². The van der Waals surface area contributed by atoms with Crippen LogP contribution in [0.5, 0.6) is 0 Å². The van der Waals surface area contributed by atoms with E-state index < -0.39 is 0 Å². The maximum atomic E-state index is 9.72. The van der Waals surface area contributed by atoms with Gasteiger partial charge in [0, 0.05) is 49.4 Å². The molecule has 13 rings (SSSR count). The van der Waals surface area contributed by atoms with E-state index in [-0.39, 0.29) is 5.41 Å². The summed E-state index contributed by atoms with van der Waals surface area (Å²) in [6.45, 7) is 12.4. The third kappa shape index (κ3) is 5.74. The van der Waals surface area contributed by atoms with Crippen molar-refractivity contribution in [1.82, 2.24) is 0 Å². The predicted octanol–water partition coefficient (Wildman–Crippen LogP) is 17.5. The molecular weight excluding hydrogens is 821 g/mol. The predicted molar refractivity (Wildman–Crippen MR) is 274 cm³/mol. The highest BCUT2D eigenvalue weighted by Gasteiger charge is 2.38. The van der Waals surface area contributed by atoms with E-state index >= 15 is 0 Å². The molecule has 0 saturated carbocycles. The number of hydrogen-bond donors (Lipinski definition) is 0. The van der Waals surface area contributed by atoms with Gasteiger partial charge in [-0.2, -0.15) is 5.26 Å². The Balaban J connectivity index is 1.01. The van der Waals surface area contributed by atoms with Crippen molar-refractivity contribution in [3.8, 4) is 17.2 Å². The monoisotopic (exact) mass is 858 g/mol. The first kappa shape index (κ1) is 38.4. The van der Waals surface area contributed by atoms with Crippen LogP contribution in [0, 0.1) is 17.9 Å². The number of benzene rings is 10.